The zero-order valence-corrected chi connectivity index (χ0v) is 24.7. The summed E-state index contributed by atoms with van der Waals surface area (Å²) >= 11 is 6.59. The van der Waals surface area contributed by atoms with Crippen LogP contribution in [-0.2, 0) is 4.74 Å². The molecule has 10 nitrogen and oxygen atoms in total. The Hall–Kier alpha value is -4.84. The molecule has 0 bridgehead atoms. The van der Waals surface area contributed by atoms with Crippen molar-refractivity contribution in [1.82, 2.24) is 30.3 Å². The first-order valence-corrected chi connectivity index (χ1v) is 14.3. The number of halogens is 3. The number of carbonyl (C=O) groups excluding carboxylic acids is 2. The smallest absolute Gasteiger partial charge is 0.407 e. The summed E-state index contributed by atoms with van der Waals surface area (Å²) in [4.78, 5) is 31.9. The largest absolute Gasteiger partial charge is 0.447 e. The summed E-state index contributed by atoms with van der Waals surface area (Å²) in [5.41, 5.74) is 1.59. The van der Waals surface area contributed by atoms with Crippen LogP contribution in [-0.4, -0.2) is 56.3 Å². The first kappa shape index (κ1) is 30.6. The maximum absolute atomic E-state index is 14.2. The molecule has 1 aliphatic carbocycles. The van der Waals surface area contributed by atoms with Crippen LogP contribution in [0.25, 0.3) is 16.9 Å². The van der Waals surface area contributed by atoms with Crippen molar-refractivity contribution in [2.75, 3.05) is 13.2 Å². The van der Waals surface area contributed by atoms with Gasteiger partial charge in [-0.25, -0.2) is 18.3 Å². The number of amides is 2. The molecule has 1 saturated carbocycles. The molecule has 0 unspecified atom stereocenters. The van der Waals surface area contributed by atoms with Crippen LogP contribution >= 0.6 is 11.6 Å². The Labute approximate surface area is 257 Å². The molecule has 1 aliphatic rings. The highest BCUT2D eigenvalue weighted by Gasteiger charge is 2.40. The molecular weight excluding hydrogens is 592 g/mol. The van der Waals surface area contributed by atoms with E-state index < -0.39 is 36.3 Å². The molecule has 1 fully saturated rings. The van der Waals surface area contributed by atoms with E-state index in [-0.39, 0.29) is 23.6 Å². The number of hydrogen-bond acceptors (Lipinski definition) is 6. The van der Waals surface area contributed by atoms with E-state index >= 15 is 0 Å². The lowest BCUT2D eigenvalue weighted by atomic mass is 10.0. The molecule has 2 amide bonds. The van der Waals surface area contributed by atoms with E-state index in [9.17, 15) is 18.4 Å². The number of benzene rings is 2. The lowest BCUT2D eigenvalue weighted by molar-refractivity contribution is 0.0690. The Morgan fingerprint density at radius 1 is 1.16 bits per heavy atom. The molecule has 2 heterocycles. The Kier molecular flexibility index (Phi) is 8.91. The van der Waals surface area contributed by atoms with Gasteiger partial charge in [0.2, 0.25) is 0 Å². The van der Waals surface area contributed by atoms with Crippen molar-refractivity contribution >= 4 is 29.6 Å². The highest BCUT2D eigenvalue weighted by atomic mass is 35.5. The fourth-order valence-electron chi connectivity index (χ4n) is 4.57. The van der Waals surface area contributed by atoms with Gasteiger partial charge < -0.3 is 15.4 Å². The summed E-state index contributed by atoms with van der Waals surface area (Å²) < 4.78 is 35.4. The molecule has 4 aromatic rings. The SMILES string of the molecule is CCNC(=N)N(C(=O)c1cc(F)cc(F)c1)[C@H](COC(=O)NC1(C)CC1)c1ccc(Cl)c(-n2cc(-c3ccccn3)cn2)c1. The zero-order chi connectivity index (χ0) is 31.4. The quantitative estimate of drug-likeness (QED) is 0.159. The molecule has 5 rings (SSSR count). The first-order valence-electron chi connectivity index (χ1n) is 13.9. The third kappa shape index (κ3) is 7.03. The number of ether oxygens (including phenoxy) is 1. The number of aromatic nitrogens is 3. The molecular formula is C31H30ClF2N7O3. The van der Waals surface area contributed by atoms with Gasteiger partial charge in [0.15, 0.2) is 5.96 Å². The van der Waals surface area contributed by atoms with Crippen LogP contribution in [0.5, 0.6) is 0 Å². The predicted molar refractivity (Wildman–Crippen MR) is 161 cm³/mol. The minimum absolute atomic E-state index is 0.266. The third-order valence-corrected chi connectivity index (χ3v) is 7.47. The van der Waals surface area contributed by atoms with Crippen molar-refractivity contribution in [2.45, 2.75) is 38.3 Å². The van der Waals surface area contributed by atoms with E-state index in [0.29, 0.717) is 28.0 Å². The van der Waals surface area contributed by atoms with E-state index in [0.717, 1.165) is 35.4 Å². The number of hydrogen-bond donors (Lipinski definition) is 3. The third-order valence-electron chi connectivity index (χ3n) is 7.15. The minimum Gasteiger partial charge on any atom is -0.447 e. The van der Waals surface area contributed by atoms with Crippen LogP contribution in [0, 0.1) is 17.0 Å². The summed E-state index contributed by atoms with van der Waals surface area (Å²) in [6.07, 6.45) is 5.94. The van der Waals surface area contributed by atoms with Gasteiger partial charge in [-0.05, 0) is 68.7 Å². The fraction of sp³-hybridized carbons (Fsp3) is 0.258. The lowest BCUT2D eigenvalue weighted by Gasteiger charge is -2.32. The number of rotatable bonds is 9. The summed E-state index contributed by atoms with van der Waals surface area (Å²) in [7, 11) is 0. The number of nitrogens with zero attached hydrogens (tertiary/aromatic N) is 4. The van der Waals surface area contributed by atoms with E-state index in [2.05, 4.69) is 20.7 Å². The van der Waals surface area contributed by atoms with Crippen molar-refractivity contribution in [3.63, 3.8) is 0 Å². The van der Waals surface area contributed by atoms with Crippen molar-refractivity contribution in [3.05, 3.63) is 101 Å². The average Bonchev–Trinajstić information content (AvgIpc) is 3.50. The molecule has 44 heavy (non-hydrogen) atoms. The monoisotopic (exact) mass is 621 g/mol. The minimum atomic E-state index is -1.11. The predicted octanol–water partition coefficient (Wildman–Crippen LogP) is 5.87. The van der Waals surface area contributed by atoms with E-state index in [4.69, 9.17) is 21.7 Å². The molecule has 1 atom stereocenters. The summed E-state index contributed by atoms with van der Waals surface area (Å²) in [5.74, 6) is -3.16. The Bertz CT molecular complexity index is 1670. The highest BCUT2D eigenvalue weighted by molar-refractivity contribution is 6.32. The molecule has 3 N–H and O–H groups in total. The normalized spacial score (nSPS) is 13.9. The van der Waals surface area contributed by atoms with Crippen LogP contribution in [0.2, 0.25) is 5.02 Å². The maximum Gasteiger partial charge on any atom is 0.407 e. The highest BCUT2D eigenvalue weighted by Crippen LogP contribution is 2.35. The van der Waals surface area contributed by atoms with Crippen molar-refractivity contribution in [2.24, 2.45) is 0 Å². The van der Waals surface area contributed by atoms with Crippen LogP contribution in [0.3, 0.4) is 0 Å². The molecule has 0 spiro atoms. The summed E-state index contributed by atoms with van der Waals surface area (Å²) in [6.45, 7) is 3.49. The molecule has 2 aromatic carbocycles. The molecule has 0 radical (unpaired) electrons. The molecule has 13 heteroatoms. The lowest BCUT2D eigenvalue weighted by Crippen LogP contribution is -2.48. The van der Waals surface area contributed by atoms with E-state index in [1.165, 1.54) is 4.68 Å². The maximum atomic E-state index is 14.2. The van der Waals surface area contributed by atoms with Crippen LogP contribution in [0.4, 0.5) is 13.6 Å². The van der Waals surface area contributed by atoms with Gasteiger partial charge in [-0.15, -0.1) is 0 Å². The second kappa shape index (κ2) is 12.8. The molecule has 0 saturated heterocycles. The number of nitrogens with one attached hydrogen (secondary N) is 3. The van der Waals surface area contributed by atoms with Crippen LogP contribution in [0.15, 0.2) is 73.2 Å². The van der Waals surface area contributed by atoms with Crippen molar-refractivity contribution in [1.29, 1.82) is 5.41 Å². The Morgan fingerprint density at radius 2 is 1.91 bits per heavy atom. The van der Waals surface area contributed by atoms with Crippen LogP contribution in [0.1, 0.15) is 48.7 Å². The Balaban J connectivity index is 1.56. The number of alkyl carbamates (subject to hydrolysis) is 1. The second-order valence-corrected chi connectivity index (χ2v) is 11.0. The van der Waals surface area contributed by atoms with E-state index in [1.54, 1.807) is 49.8 Å². The fourth-order valence-corrected chi connectivity index (χ4v) is 4.77. The molecule has 2 aromatic heterocycles. The van der Waals surface area contributed by atoms with E-state index in [1.807, 2.05) is 19.1 Å². The van der Waals surface area contributed by atoms with Crippen molar-refractivity contribution < 1.29 is 23.1 Å². The van der Waals surface area contributed by atoms with Gasteiger partial charge in [0, 0.05) is 41.7 Å². The first-order chi connectivity index (χ1) is 21.1. The van der Waals surface area contributed by atoms with Crippen molar-refractivity contribution in [3.8, 4) is 16.9 Å². The second-order valence-electron chi connectivity index (χ2n) is 10.6. The van der Waals surface area contributed by atoms with Crippen LogP contribution < -0.4 is 10.6 Å². The molecule has 0 aliphatic heterocycles. The average molecular weight is 622 g/mol. The molecule has 228 valence electrons. The zero-order valence-electron chi connectivity index (χ0n) is 24.0. The van der Waals surface area contributed by atoms with Gasteiger partial charge >= 0.3 is 6.09 Å². The number of guanidine groups is 1. The summed E-state index contributed by atoms with van der Waals surface area (Å²) in [5, 5.41) is 19.1. The Morgan fingerprint density at radius 3 is 2.57 bits per heavy atom. The van der Waals surface area contributed by atoms with Gasteiger partial charge in [0.25, 0.3) is 5.91 Å². The van der Waals surface area contributed by atoms with Gasteiger partial charge in [-0.3, -0.25) is 20.1 Å². The number of pyridine rings is 1. The topological polar surface area (TPSA) is 125 Å². The standard InChI is InChI=1S/C31H30ClF2N7O3/c1-3-36-29(35)41(28(42)20-12-22(33)15-23(34)13-20)27(18-44-30(43)39-31(2)9-10-31)19-7-8-24(32)26(14-19)40-17-21(16-38-40)25-6-4-5-11-37-25/h4-8,11-17,27H,3,9-10,18H2,1-2H3,(H2,35,36)(H,39,43)/t27-/m1/s1. The van der Waals surface area contributed by atoms with Gasteiger partial charge in [-0.1, -0.05) is 23.7 Å². The van der Waals surface area contributed by atoms with Gasteiger partial charge in [0.05, 0.1) is 28.6 Å². The van der Waals surface area contributed by atoms with Gasteiger partial charge in [0.1, 0.15) is 18.2 Å². The van der Waals surface area contributed by atoms with Gasteiger partial charge in [-0.2, -0.15) is 5.10 Å². The number of carbonyl (C=O) groups is 2. The summed E-state index contributed by atoms with van der Waals surface area (Å²) in [6, 6.07) is 11.7.